The molecule has 0 aromatic carbocycles. The molecule has 3 atom stereocenters. The van der Waals surface area contributed by atoms with E-state index in [0.717, 1.165) is 26.2 Å². The molecule has 2 aliphatic rings. The van der Waals surface area contributed by atoms with E-state index in [2.05, 4.69) is 37.2 Å². The minimum Gasteiger partial charge on any atom is -0.375 e. The number of hydrogen-bond acceptors (Lipinski definition) is 5. The van der Waals surface area contributed by atoms with Gasteiger partial charge in [0.2, 0.25) is 0 Å². The molecule has 1 aliphatic carbocycles. The molecule has 2 aromatic heterocycles. The highest BCUT2D eigenvalue weighted by Crippen LogP contribution is 2.36. The summed E-state index contributed by atoms with van der Waals surface area (Å²) in [5, 5.41) is 9.96. The van der Waals surface area contributed by atoms with Gasteiger partial charge in [0.1, 0.15) is 12.7 Å². The Morgan fingerprint density at radius 3 is 3.00 bits per heavy atom. The number of nitrogens with zero attached hydrogens (tertiary/aromatic N) is 4. The fraction of sp³-hybridized carbons (Fsp3) is 0.600. The summed E-state index contributed by atoms with van der Waals surface area (Å²) in [5.74, 6) is 0.581. The van der Waals surface area contributed by atoms with Gasteiger partial charge in [-0.1, -0.05) is 6.07 Å². The second-order valence-corrected chi connectivity index (χ2v) is 6.98. The first-order valence-electron chi connectivity index (χ1n) is 7.60. The van der Waals surface area contributed by atoms with E-state index in [-0.39, 0.29) is 0 Å². The number of fused-ring (bicyclic) bond motifs is 1. The van der Waals surface area contributed by atoms with Crippen LogP contribution in [0.1, 0.15) is 17.7 Å². The summed E-state index contributed by atoms with van der Waals surface area (Å²) in [7, 11) is 0. The molecule has 0 N–H and O–H groups in total. The molecule has 4 rings (SSSR count). The van der Waals surface area contributed by atoms with Crippen LogP contribution >= 0.6 is 11.3 Å². The maximum Gasteiger partial charge on any atom is 0.119 e. The van der Waals surface area contributed by atoms with Crippen molar-refractivity contribution in [1.29, 1.82) is 0 Å². The Balaban J connectivity index is 1.44. The number of aromatic nitrogens is 3. The van der Waals surface area contributed by atoms with Crippen LogP contribution in [0.3, 0.4) is 0 Å². The Kier molecular flexibility index (Phi) is 3.75. The fourth-order valence-corrected chi connectivity index (χ4v) is 4.45. The Bertz CT molecular complexity index is 556. The van der Waals surface area contributed by atoms with Crippen LogP contribution in [-0.2, 0) is 17.8 Å². The van der Waals surface area contributed by atoms with Crippen LogP contribution in [0, 0.1) is 5.92 Å². The molecule has 1 aliphatic heterocycles. The second kappa shape index (κ2) is 5.87. The van der Waals surface area contributed by atoms with Gasteiger partial charge in [0, 0.05) is 36.5 Å². The van der Waals surface area contributed by atoms with Crippen LogP contribution < -0.4 is 0 Å². The number of hydrogen-bond donors (Lipinski definition) is 0. The van der Waals surface area contributed by atoms with Crippen LogP contribution in [-0.4, -0.2) is 45.0 Å². The SMILES string of the molecule is c1csc(CN2CCO[C@@H]3[C@H](Cn4cnnc4)CC[C@@H]32)c1. The van der Waals surface area contributed by atoms with Crippen molar-refractivity contribution in [1.82, 2.24) is 19.7 Å². The zero-order valence-electron chi connectivity index (χ0n) is 12.0. The minimum absolute atomic E-state index is 0.362. The summed E-state index contributed by atoms with van der Waals surface area (Å²) in [5.41, 5.74) is 0. The molecule has 6 heteroatoms. The molecule has 3 heterocycles. The lowest BCUT2D eigenvalue weighted by Crippen LogP contribution is -2.50. The lowest BCUT2D eigenvalue weighted by molar-refractivity contribution is -0.0783. The average molecular weight is 304 g/mol. The Morgan fingerprint density at radius 2 is 2.19 bits per heavy atom. The van der Waals surface area contributed by atoms with Gasteiger partial charge in [-0.05, 0) is 24.3 Å². The van der Waals surface area contributed by atoms with E-state index in [1.165, 1.54) is 17.7 Å². The first-order chi connectivity index (χ1) is 10.4. The first-order valence-corrected chi connectivity index (χ1v) is 8.48. The third kappa shape index (κ3) is 2.75. The van der Waals surface area contributed by atoms with Gasteiger partial charge < -0.3 is 9.30 Å². The number of rotatable bonds is 4. The highest BCUT2D eigenvalue weighted by Gasteiger charge is 2.42. The quantitative estimate of drug-likeness (QED) is 0.867. The van der Waals surface area contributed by atoms with E-state index in [4.69, 9.17) is 4.74 Å². The van der Waals surface area contributed by atoms with E-state index in [1.54, 1.807) is 12.7 Å². The molecule has 0 spiro atoms. The molecule has 0 amide bonds. The van der Waals surface area contributed by atoms with Crippen LogP contribution in [0.2, 0.25) is 0 Å². The highest BCUT2D eigenvalue weighted by molar-refractivity contribution is 7.09. The van der Waals surface area contributed by atoms with E-state index < -0.39 is 0 Å². The number of thiophene rings is 1. The maximum atomic E-state index is 6.12. The summed E-state index contributed by atoms with van der Waals surface area (Å²) in [6.45, 7) is 3.95. The van der Waals surface area contributed by atoms with Crippen molar-refractivity contribution in [3.63, 3.8) is 0 Å². The molecule has 1 saturated heterocycles. The van der Waals surface area contributed by atoms with E-state index in [0.29, 0.717) is 18.1 Å². The number of ether oxygens (including phenoxy) is 1. The van der Waals surface area contributed by atoms with Gasteiger partial charge in [-0.15, -0.1) is 21.5 Å². The van der Waals surface area contributed by atoms with Gasteiger partial charge in [-0.25, -0.2) is 0 Å². The van der Waals surface area contributed by atoms with Gasteiger partial charge >= 0.3 is 0 Å². The molecular formula is C15H20N4OS. The van der Waals surface area contributed by atoms with Gasteiger partial charge in [0.25, 0.3) is 0 Å². The predicted octanol–water partition coefficient (Wildman–Crippen LogP) is 2.02. The molecule has 2 aromatic rings. The summed E-state index contributed by atoms with van der Waals surface area (Å²) >= 11 is 1.85. The standard InChI is InChI=1S/C15H20N4OS/c1-2-13(21-7-1)9-19-5-6-20-15-12(3-4-14(15)19)8-18-10-16-17-11-18/h1-2,7,10-12,14-15H,3-6,8-9H2/t12-,14-,15+/m0/s1. The van der Waals surface area contributed by atoms with Crippen molar-refractivity contribution < 1.29 is 4.74 Å². The van der Waals surface area contributed by atoms with Gasteiger partial charge in [0.15, 0.2) is 0 Å². The summed E-state index contributed by atoms with van der Waals surface area (Å²) < 4.78 is 8.20. The molecular weight excluding hydrogens is 284 g/mol. The summed E-state index contributed by atoms with van der Waals surface area (Å²) in [4.78, 5) is 4.07. The van der Waals surface area contributed by atoms with Crippen LogP contribution in [0.25, 0.3) is 0 Å². The lowest BCUT2D eigenvalue weighted by Gasteiger charge is -2.39. The van der Waals surface area contributed by atoms with E-state index in [1.807, 2.05) is 11.3 Å². The molecule has 5 nitrogen and oxygen atoms in total. The smallest absolute Gasteiger partial charge is 0.119 e. The van der Waals surface area contributed by atoms with Crippen molar-refractivity contribution in [3.8, 4) is 0 Å². The lowest BCUT2D eigenvalue weighted by atomic mass is 10.0. The first kappa shape index (κ1) is 13.4. The van der Waals surface area contributed by atoms with Crippen molar-refractivity contribution in [3.05, 3.63) is 35.0 Å². The maximum absolute atomic E-state index is 6.12. The topological polar surface area (TPSA) is 43.2 Å². The molecule has 2 fully saturated rings. The summed E-state index contributed by atoms with van der Waals surface area (Å²) in [6, 6.07) is 4.95. The molecule has 0 bridgehead atoms. The second-order valence-electron chi connectivity index (χ2n) is 5.95. The Morgan fingerprint density at radius 1 is 1.29 bits per heavy atom. The van der Waals surface area contributed by atoms with Crippen LogP contribution in [0.4, 0.5) is 0 Å². The van der Waals surface area contributed by atoms with Crippen LogP contribution in [0.15, 0.2) is 30.2 Å². The average Bonchev–Trinajstić information content (AvgIpc) is 3.22. The fourth-order valence-electron chi connectivity index (χ4n) is 3.72. The van der Waals surface area contributed by atoms with E-state index in [9.17, 15) is 0 Å². The monoisotopic (exact) mass is 304 g/mol. The van der Waals surface area contributed by atoms with Crippen LogP contribution in [0.5, 0.6) is 0 Å². The highest BCUT2D eigenvalue weighted by atomic mass is 32.1. The predicted molar refractivity (Wildman–Crippen MR) is 81.0 cm³/mol. The van der Waals surface area contributed by atoms with Crippen molar-refractivity contribution in [2.45, 2.75) is 38.1 Å². The Hall–Kier alpha value is -1.24. The molecule has 112 valence electrons. The number of morpholine rings is 1. The zero-order valence-corrected chi connectivity index (χ0v) is 12.8. The Labute approximate surface area is 128 Å². The third-order valence-corrected chi connectivity index (χ3v) is 5.55. The van der Waals surface area contributed by atoms with Gasteiger partial charge in [0.05, 0.1) is 12.7 Å². The van der Waals surface area contributed by atoms with Crippen molar-refractivity contribution >= 4 is 11.3 Å². The molecule has 0 radical (unpaired) electrons. The van der Waals surface area contributed by atoms with Gasteiger partial charge in [-0.3, -0.25) is 4.90 Å². The van der Waals surface area contributed by atoms with E-state index >= 15 is 0 Å². The van der Waals surface area contributed by atoms with Gasteiger partial charge in [-0.2, -0.15) is 0 Å². The van der Waals surface area contributed by atoms with Crippen molar-refractivity contribution in [2.75, 3.05) is 13.2 Å². The third-order valence-electron chi connectivity index (χ3n) is 4.69. The van der Waals surface area contributed by atoms with Crippen molar-refractivity contribution in [2.24, 2.45) is 5.92 Å². The molecule has 21 heavy (non-hydrogen) atoms. The molecule has 0 unspecified atom stereocenters. The normalized spacial score (nSPS) is 29.6. The minimum atomic E-state index is 0.362. The summed E-state index contributed by atoms with van der Waals surface area (Å²) in [6.07, 6.45) is 6.44. The largest absolute Gasteiger partial charge is 0.375 e. The molecule has 1 saturated carbocycles. The zero-order chi connectivity index (χ0) is 14.1.